The molecular formula is C25H24F2N6O2. The van der Waals surface area contributed by atoms with Crippen LogP contribution in [0.1, 0.15) is 30.6 Å². The number of hydrogen-bond donors (Lipinski definition) is 1. The Morgan fingerprint density at radius 3 is 2.63 bits per heavy atom. The van der Waals surface area contributed by atoms with Gasteiger partial charge in [0.25, 0.3) is 5.91 Å². The number of nitrogens with zero attached hydrogens (tertiary/aromatic N) is 5. The number of fused-ring (bicyclic) bond motifs is 1. The molecule has 1 aliphatic rings. The summed E-state index contributed by atoms with van der Waals surface area (Å²) in [6.07, 6.45) is 3.50. The zero-order valence-electron chi connectivity index (χ0n) is 19.2. The van der Waals surface area contributed by atoms with Crippen LogP contribution in [-0.2, 0) is 23.2 Å². The topological polar surface area (TPSA) is 85.0 Å². The average molecular weight is 479 g/mol. The van der Waals surface area contributed by atoms with Crippen LogP contribution in [0.2, 0.25) is 0 Å². The SMILES string of the molecule is Cn1ccc(Cn2ncc3cc(N4C(=O)C[C@@H](NC(=O)C(C)(F)F)[C@@H]4c4ccccc4)ccc32)n1. The van der Waals surface area contributed by atoms with E-state index in [1.807, 2.05) is 72.5 Å². The van der Waals surface area contributed by atoms with Crippen LogP contribution < -0.4 is 10.2 Å². The minimum atomic E-state index is -3.54. The number of benzene rings is 2. The fraction of sp³-hybridized carbons (Fsp3) is 0.280. The van der Waals surface area contributed by atoms with E-state index in [1.54, 1.807) is 15.8 Å². The predicted octanol–water partition coefficient (Wildman–Crippen LogP) is 3.44. The second kappa shape index (κ2) is 8.61. The quantitative estimate of drug-likeness (QED) is 0.460. The number of rotatable bonds is 6. The van der Waals surface area contributed by atoms with E-state index in [4.69, 9.17) is 0 Å². The van der Waals surface area contributed by atoms with Gasteiger partial charge in [0.2, 0.25) is 5.91 Å². The van der Waals surface area contributed by atoms with E-state index in [-0.39, 0.29) is 12.3 Å². The fourth-order valence-corrected chi connectivity index (χ4v) is 4.55. The molecule has 2 aromatic heterocycles. The second-order valence-electron chi connectivity index (χ2n) is 8.82. The molecule has 2 aromatic carbocycles. The number of halogens is 2. The highest BCUT2D eigenvalue weighted by atomic mass is 19.3. The molecule has 2 atom stereocenters. The van der Waals surface area contributed by atoms with Gasteiger partial charge in [0.15, 0.2) is 0 Å². The highest BCUT2D eigenvalue weighted by molar-refractivity contribution is 6.00. The van der Waals surface area contributed by atoms with Gasteiger partial charge < -0.3 is 10.2 Å². The monoisotopic (exact) mass is 478 g/mol. The van der Waals surface area contributed by atoms with Crippen molar-refractivity contribution in [1.29, 1.82) is 0 Å². The summed E-state index contributed by atoms with van der Waals surface area (Å²) >= 11 is 0. The average Bonchev–Trinajstić information content (AvgIpc) is 3.50. The molecule has 0 saturated carbocycles. The molecule has 0 aliphatic carbocycles. The van der Waals surface area contributed by atoms with Crippen molar-refractivity contribution in [3.63, 3.8) is 0 Å². The molecule has 0 spiro atoms. The van der Waals surface area contributed by atoms with E-state index in [9.17, 15) is 18.4 Å². The van der Waals surface area contributed by atoms with Crippen molar-refractivity contribution in [2.75, 3.05) is 4.90 Å². The van der Waals surface area contributed by atoms with Crippen molar-refractivity contribution in [2.45, 2.75) is 37.9 Å². The van der Waals surface area contributed by atoms with E-state index < -0.39 is 23.9 Å². The van der Waals surface area contributed by atoms with E-state index >= 15 is 0 Å². The summed E-state index contributed by atoms with van der Waals surface area (Å²) in [5, 5.41) is 12.1. The van der Waals surface area contributed by atoms with Crippen molar-refractivity contribution in [1.82, 2.24) is 24.9 Å². The zero-order valence-corrected chi connectivity index (χ0v) is 19.2. The first-order valence-corrected chi connectivity index (χ1v) is 11.2. The molecule has 8 nitrogen and oxygen atoms in total. The van der Waals surface area contributed by atoms with Gasteiger partial charge in [-0.05, 0) is 29.8 Å². The molecule has 1 N–H and O–H groups in total. The smallest absolute Gasteiger partial charge is 0.321 e. The van der Waals surface area contributed by atoms with Crippen molar-refractivity contribution >= 4 is 28.4 Å². The van der Waals surface area contributed by atoms with Gasteiger partial charge in [-0.25, -0.2) is 0 Å². The fourth-order valence-electron chi connectivity index (χ4n) is 4.55. The van der Waals surface area contributed by atoms with E-state index in [1.165, 1.54) is 0 Å². The molecule has 4 aromatic rings. The van der Waals surface area contributed by atoms with Crippen LogP contribution in [-0.4, -0.2) is 43.3 Å². The minimum absolute atomic E-state index is 0.0850. The van der Waals surface area contributed by atoms with Crippen LogP contribution in [0.25, 0.3) is 10.9 Å². The molecule has 2 amide bonds. The lowest BCUT2D eigenvalue weighted by Crippen LogP contribution is -2.46. The van der Waals surface area contributed by atoms with Crippen LogP contribution >= 0.6 is 0 Å². The first kappa shape index (κ1) is 22.7. The normalized spacial score (nSPS) is 18.4. The van der Waals surface area contributed by atoms with Gasteiger partial charge in [-0.1, -0.05) is 30.3 Å². The highest BCUT2D eigenvalue weighted by Gasteiger charge is 2.45. The molecule has 0 bridgehead atoms. The molecule has 180 valence electrons. The largest absolute Gasteiger partial charge is 0.345 e. The van der Waals surface area contributed by atoms with Crippen LogP contribution in [0, 0.1) is 0 Å². The number of anilines is 1. The number of nitrogens with one attached hydrogen (secondary N) is 1. The lowest BCUT2D eigenvalue weighted by atomic mass is 9.99. The Morgan fingerprint density at radius 2 is 1.94 bits per heavy atom. The third-order valence-electron chi connectivity index (χ3n) is 6.16. The van der Waals surface area contributed by atoms with Gasteiger partial charge in [0.05, 0.1) is 36.0 Å². The van der Waals surface area contributed by atoms with Gasteiger partial charge in [0.1, 0.15) is 0 Å². The third kappa shape index (κ3) is 4.39. The molecule has 1 saturated heterocycles. The number of carbonyl (C=O) groups excluding carboxylic acids is 2. The van der Waals surface area contributed by atoms with Crippen molar-refractivity contribution in [2.24, 2.45) is 7.05 Å². The lowest BCUT2D eigenvalue weighted by Gasteiger charge is -2.29. The number of aromatic nitrogens is 4. The van der Waals surface area contributed by atoms with Gasteiger partial charge in [-0.3, -0.25) is 19.0 Å². The molecule has 0 unspecified atom stereocenters. The summed E-state index contributed by atoms with van der Waals surface area (Å²) < 4.78 is 30.8. The molecule has 1 fully saturated rings. The summed E-state index contributed by atoms with van der Waals surface area (Å²) in [5.74, 6) is -5.20. The number of hydrogen-bond acceptors (Lipinski definition) is 4. The summed E-state index contributed by atoms with van der Waals surface area (Å²) in [7, 11) is 1.85. The van der Waals surface area contributed by atoms with Gasteiger partial charge >= 0.3 is 5.92 Å². The Bertz CT molecular complexity index is 1390. The van der Waals surface area contributed by atoms with E-state index in [2.05, 4.69) is 15.5 Å². The van der Waals surface area contributed by atoms with Crippen molar-refractivity contribution in [3.05, 3.63) is 78.2 Å². The van der Waals surface area contributed by atoms with E-state index in [0.29, 0.717) is 19.2 Å². The first-order chi connectivity index (χ1) is 16.7. The Hall–Kier alpha value is -4.08. The van der Waals surface area contributed by atoms with Crippen LogP contribution in [0.3, 0.4) is 0 Å². The molecular weight excluding hydrogens is 454 g/mol. The van der Waals surface area contributed by atoms with E-state index in [0.717, 1.165) is 22.2 Å². The van der Waals surface area contributed by atoms with Crippen LogP contribution in [0.15, 0.2) is 67.0 Å². The van der Waals surface area contributed by atoms with Crippen LogP contribution in [0.5, 0.6) is 0 Å². The summed E-state index contributed by atoms with van der Waals surface area (Å²) in [4.78, 5) is 26.8. The second-order valence-corrected chi connectivity index (χ2v) is 8.82. The number of carbonyl (C=O) groups is 2. The summed E-state index contributed by atoms with van der Waals surface area (Å²) in [6, 6.07) is 15.1. The first-order valence-electron chi connectivity index (χ1n) is 11.2. The maximum absolute atomic E-state index is 13.6. The zero-order chi connectivity index (χ0) is 24.7. The predicted molar refractivity (Wildman–Crippen MR) is 126 cm³/mol. The van der Waals surface area contributed by atoms with Gasteiger partial charge in [-0.15, -0.1) is 0 Å². The molecule has 0 radical (unpaired) electrons. The molecule has 1 aliphatic heterocycles. The summed E-state index contributed by atoms with van der Waals surface area (Å²) in [6.45, 7) is 1.04. The number of alkyl halides is 2. The molecule has 35 heavy (non-hydrogen) atoms. The van der Waals surface area contributed by atoms with Crippen molar-refractivity contribution in [3.8, 4) is 0 Å². The Balaban J connectivity index is 1.49. The Labute approximate surface area is 200 Å². The Kier molecular flexibility index (Phi) is 5.58. The van der Waals surface area contributed by atoms with Crippen molar-refractivity contribution < 1.29 is 18.4 Å². The standard InChI is InChI=1S/C25H24F2N6O2/c1-25(26,27)24(35)29-20-13-22(34)33(23(20)16-6-4-3-5-7-16)19-8-9-21-17(12-19)14-28-32(21)15-18-10-11-31(2)30-18/h3-12,14,20,23H,13,15H2,1-2H3,(H,29,35)/t20-,23+/m1/s1. The molecule has 3 heterocycles. The maximum atomic E-state index is 13.6. The summed E-state index contributed by atoms with van der Waals surface area (Å²) in [5.41, 5.74) is 3.09. The lowest BCUT2D eigenvalue weighted by molar-refractivity contribution is -0.143. The van der Waals surface area contributed by atoms with Gasteiger partial charge in [-0.2, -0.15) is 19.0 Å². The molecule has 10 heteroatoms. The van der Waals surface area contributed by atoms with Gasteiger partial charge in [0, 0.05) is 37.7 Å². The highest BCUT2D eigenvalue weighted by Crippen LogP contribution is 2.38. The number of amides is 2. The number of aryl methyl sites for hydroxylation is 1. The maximum Gasteiger partial charge on any atom is 0.321 e. The van der Waals surface area contributed by atoms with Crippen LogP contribution in [0.4, 0.5) is 14.5 Å². The molecule has 5 rings (SSSR count). The minimum Gasteiger partial charge on any atom is -0.345 e. The Morgan fingerprint density at radius 1 is 1.17 bits per heavy atom. The third-order valence-corrected chi connectivity index (χ3v) is 6.16.